The number of aromatic nitrogens is 2. The topological polar surface area (TPSA) is 64.5 Å². The minimum absolute atomic E-state index is 0.0167. The van der Waals surface area contributed by atoms with Crippen molar-refractivity contribution in [2.75, 3.05) is 13.3 Å². The number of benzene rings is 1. The molecule has 0 bridgehead atoms. The van der Waals surface area contributed by atoms with Crippen LogP contribution in [0.15, 0.2) is 42.7 Å². The molecule has 1 amide bonds. The van der Waals surface area contributed by atoms with Crippen LogP contribution in [0.5, 0.6) is 11.8 Å². The number of nitrogens with zero attached hydrogens (tertiary/aromatic N) is 3. The van der Waals surface area contributed by atoms with E-state index in [2.05, 4.69) is 9.97 Å². The first-order chi connectivity index (χ1) is 9.81. The molecule has 0 saturated carbocycles. The number of ether oxygens (including phenoxy) is 2. The summed E-state index contributed by atoms with van der Waals surface area (Å²) in [6.45, 7) is 1.07. The summed E-state index contributed by atoms with van der Waals surface area (Å²) >= 11 is 0. The van der Waals surface area contributed by atoms with Gasteiger partial charge in [-0.15, -0.1) is 0 Å². The van der Waals surface area contributed by atoms with Crippen molar-refractivity contribution in [2.45, 2.75) is 6.54 Å². The van der Waals surface area contributed by atoms with Crippen LogP contribution in [0.4, 0.5) is 0 Å². The Morgan fingerprint density at radius 3 is 2.60 bits per heavy atom. The fourth-order valence-electron chi connectivity index (χ4n) is 1.87. The Kier molecular flexibility index (Phi) is 3.56. The largest absolute Gasteiger partial charge is 0.424 e. The first-order valence-corrected chi connectivity index (χ1v) is 6.20. The smallest absolute Gasteiger partial charge is 0.321 e. The molecular formula is C14H13N3O3. The number of carbonyl (C=O) groups is 1. The first kappa shape index (κ1) is 12.6. The van der Waals surface area contributed by atoms with E-state index in [1.807, 2.05) is 24.3 Å². The normalized spacial score (nSPS) is 14.6. The van der Waals surface area contributed by atoms with Gasteiger partial charge >= 0.3 is 6.01 Å². The minimum Gasteiger partial charge on any atom is -0.424 e. The van der Waals surface area contributed by atoms with Crippen LogP contribution < -0.4 is 4.74 Å². The Morgan fingerprint density at radius 2 is 1.95 bits per heavy atom. The van der Waals surface area contributed by atoms with Gasteiger partial charge in [-0.05, 0) is 23.8 Å². The van der Waals surface area contributed by atoms with E-state index in [0.717, 1.165) is 5.56 Å². The molecule has 6 heteroatoms. The van der Waals surface area contributed by atoms with Crippen molar-refractivity contribution >= 4 is 5.91 Å². The summed E-state index contributed by atoms with van der Waals surface area (Å²) in [4.78, 5) is 21.1. The summed E-state index contributed by atoms with van der Waals surface area (Å²) in [5, 5.41) is 0. The number of rotatable bonds is 4. The second kappa shape index (κ2) is 5.66. The molecule has 6 nitrogen and oxygen atoms in total. The lowest BCUT2D eigenvalue weighted by atomic mass is 10.2. The van der Waals surface area contributed by atoms with Gasteiger partial charge in [0, 0.05) is 18.9 Å². The van der Waals surface area contributed by atoms with Crippen molar-refractivity contribution in [3.05, 3.63) is 48.3 Å². The Labute approximate surface area is 116 Å². The highest BCUT2D eigenvalue weighted by molar-refractivity contribution is 5.78. The van der Waals surface area contributed by atoms with Crippen LogP contribution >= 0.6 is 0 Å². The molecule has 0 atom stereocenters. The summed E-state index contributed by atoms with van der Waals surface area (Å²) in [6.07, 6.45) is 3.24. The van der Waals surface area contributed by atoms with Crippen LogP contribution in [0.1, 0.15) is 5.56 Å². The van der Waals surface area contributed by atoms with Gasteiger partial charge in [0.05, 0.1) is 0 Å². The summed E-state index contributed by atoms with van der Waals surface area (Å²) in [5.74, 6) is 0.673. The second-order valence-electron chi connectivity index (χ2n) is 4.35. The van der Waals surface area contributed by atoms with Crippen LogP contribution in [0.3, 0.4) is 0 Å². The SMILES string of the molecule is O=C1COCN1Cc1ccc(Oc2ncccn2)cc1. The third-order valence-corrected chi connectivity index (χ3v) is 2.87. The Balaban J connectivity index is 1.64. The monoisotopic (exact) mass is 271 g/mol. The molecule has 0 N–H and O–H groups in total. The van der Waals surface area contributed by atoms with Crippen molar-refractivity contribution in [1.29, 1.82) is 0 Å². The molecule has 2 heterocycles. The molecule has 1 aromatic carbocycles. The molecule has 0 aliphatic carbocycles. The van der Waals surface area contributed by atoms with E-state index in [1.165, 1.54) is 0 Å². The van der Waals surface area contributed by atoms with E-state index >= 15 is 0 Å². The van der Waals surface area contributed by atoms with Gasteiger partial charge in [0.15, 0.2) is 0 Å². The van der Waals surface area contributed by atoms with Crippen LogP contribution in [-0.2, 0) is 16.1 Å². The van der Waals surface area contributed by atoms with Crippen molar-refractivity contribution in [3.8, 4) is 11.8 Å². The van der Waals surface area contributed by atoms with Gasteiger partial charge in [0.25, 0.3) is 5.91 Å². The minimum atomic E-state index is 0.0167. The lowest BCUT2D eigenvalue weighted by Crippen LogP contribution is -2.24. The van der Waals surface area contributed by atoms with E-state index in [-0.39, 0.29) is 12.5 Å². The van der Waals surface area contributed by atoms with Gasteiger partial charge in [-0.25, -0.2) is 9.97 Å². The standard InChI is InChI=1S/C14H13N3O3/c18-13-9-19-10-17(13)8-11-2-4-12(5-3-11)20-14-15-6-1-7-16-14/h1-7H,8-10H2. The predicted octanol–water partition coefficient (Wildman–Crippen LogP) is 1.59. The molecule has 0 spiro atoms. The fraction of sp³-hybridized carbons (Fsp3) is 0.214. The van der Waals surface area contributed by atoms with Crippen LogP contribution in [0, 0.1) is 0 Å². The number of carbonyl (C=O) groups excluding carboxylic acids is 1. The quantitative estimate of drug-likeness (QED) is 0.844. The van der Waals surface area contributed by atoms with E-state index in [9.17, 15) is 4.79 Å². The van der Waals surface area contributed by atoms with Crippen molar-refractivity contribution in [1.82, 2.24) is 14.9 Å². The Morgan fingerprint density at radius 1 is 1.20 bits per heavy atom. The lowest BCUT2D eigenvalue weighted by molar-refractivity contribution is -0.127. The summed E-state index contributed by atoms with van der Waals surface area (Å²) in [7, 11) is 0. The molecule has 20 heavy (non-hydrogen) atoms. The van der Waals surface area contributed by atoms with E-state index in [4.69, 9.17) is 9.47 Å². The molecule has 1 aromatic heterocycles. The van der Waals surface area contributed by atoms with Gasteiger partial charge in [0.2, 0.25) is 0 Å². The zero-order valence-corrected chi connectivity index (χ0v) is 10.7. The highest BCUT2D eigenvalue weighted by Gasteiger charge is 2.20. The second-order valence-corrected chi connectivity index (χ2v) is 4.35. The molecule has 1 fully saturated rings. The molecule has 1 aliphatic heterocycles. The third-order valence-electron chi connectivity index (χ3n) is 2.87. The van der Waals surface area contributed by atoms with Gasteiger partial charge < -0.3 is 14.4 Å². The van der Waals surface area contributed by atoms with Crippen LogP contribution in [0.2, 0.25) is 0 Å². The Bertz CT molecular complexity index is 586. The summed E-state index contributed by atoms with van der Waals surface area (Å²) < 4.78 is 10.6. The maximum absolute atomic E-state index is 11.4. The average molecular weight is 271 g/mol. The number of hydrogen-bond acceptors (Lipinski definition) is 5. The third kappa shape index (κ3) is 2.92. The fourth-order valence-corrected chi connectivity index (χ4v) is 1.87. The van der Waals surface area contributed by atoms with Crippen molar-refractivity contribution in [3.63, 3.8) is 0 Å². The predicted molar refractivity (Wildman–Crippen MR) is 69.9 cm³/mol. The molecule has 1 saturated heterocycles. The van der Waals surface area contributed by atoms with E-state index < -0.39 is 0 Å². The van der Waals surface area contributed by atoms with E-state index in [1.54, 1.807) is 23.4 Å². The molecule has 0 radical (unpaired) electrons. The molecule has 102 valence electrons. The van der Waals surface area contributed by atoms with Crippen LogP contribution in [0.25, 0.3) is 0 Å². The zero-order chi connectivity index (χ0) is 13.8. The molecule has 0 unspecified atom stereocenters. The van der Waals surface area contributed by atoms with E-state index in [0.29, 0.717) is 25.0 Å². The molecule has 2 aromatic rings. The van der Waals surface area contributed by atoms with Crippen LogP contribution in [-0.4, -0.2) is 34.1 Å². The van der Waals surface area contributed by atoms with Crippen molar-refractivity contribution < 1.29 is 14.3 Å². The number of hydrogen-bond donors (Lipinski definition) is 0. The Hall–Kier alpha value is -2.47. The highest BCUT2D eigenvalue weighted by Crippen LogP contribution is 2.19. The molecule has 1 aliphatic rings. The maximum Gasteiger partial charge on any atom is 0.321 e. The van der Waals surface area contributed by atoms with Gasteiger partial charge in [-0.3, -0.25) is 4.79 Å². The average Bonchev–Trinajstić information content (AvgIpc) is 2.88. The summed E-state index contributed by atoms with van der Waals surface area (Å²) in [6, 6.07) is 9.50. The van der Waals surface area contributed by atoms with Crippen molar-refractivity contribution in [2.24, 2.45) is 0 Å². The maximum atomic E-state index is 11.4. The first-order valence-electron chi connectivity index (χ1n) is 6.20. The number of amides is 1. The molecular weight excluding hydrogens is 258 g/mol. The highest BCUT2D eigenvalue weighted by atomic mass is 16.5. The summed E-state index contributed by atoms with van der Waals surface area (Å²) in [5.41, 5.74) is 1.02. The van der Waals surface area contributed by atoms with Gasteiger partial charge in [-0.1, -0.05) is 12.1 Å². The lowest BCUT2D eigenvalue weighted by Gasteiger charge is -2.13. The van der Waals surface area contributed by atoms with Gasteiger partial charge in [0.1, 0.15) is 19.1 Å². The molecule has 3 rings (SSSR count). The zero-order valence-electron chi connectivity index (χ0n) is 10.7. The van der Waals surface area contributed by atoms with Gasteiger partial charge in [-0.2, -0.15) is 0 Å².